The van der Waals surface area contributed by atoms with E-state index in [2.05, 4.69) is 15.1 Å². The van der Waals surface area contributed by atoms with Crippen LogP contribution in [-0.4, -0.2) is 55.9 Å². The highest BCUT2D eigenvalue weighted by atomic mass is 19.1. The molecule has 3 heterocycles. The van der Waals surface area contributed by atoms with Gasteiger partial charge in [-0.25, -0.2) is 8.78 Å². The highest BCUT2D eigenvalue weighted by Crippen LogP contribution is 2.39. The van der Waals surface area contributed by atoms with E-state index in [-0.39, 0.29) is 11.5 Å². The van der Waals surface area contributed by atoms with Gasteiger partial charge in [0.15, 0.2) is 5.79 Å². The Bertz CT molecular complexity index is 990. The lowest BCUT2D eigenvalue weighted by atomic mass is 9.85. The maximum absolute atomic E-state index is 14.5. The van der Waals surface area contributed by atoms with Gasteiger partial charge in [-0.05, 0) is 50.1 Å². The van der Waals surface area contributed by atoms with Crippen LogP contribution in [0.4, 0.5) is 14.5 Å². The lowest BCUT2D eigenvalue weighted by Crippen LogP contribution is -2.56. The van der Waals surface area contributed by atoms with Crippen LogP contribution in [0.25, 0.3) is 0 Å². The number of anilines is 1. The van der Waals surface area contributed by atoms with Crippen LogP contribution < -0.4 is 10.2 Å². The molecule has 3 saturated heterocycles. The Balaban J connectivity index is 1.21. The third-order valence-corrected chi connectivity index (χ3v) is 7.16. The van der Waals surface area contributed by atoms with Crippen LogP contribution in [-0.2, 0) is 20.1 Å². The number of piperidine rings is 1. The fourth-order valence-corrected chi connectivity index (χ4v) is 5.40. The first kappa shape index (κ1) is 22.3. The van der Waals surface area contributed by atoms with E-state index >= 15 is 0 Å². The Morgan fingerprint density at radius 1 is 1.00 bits per heavy atom. The molecule has 2 aromatic carbocycles. The number of hydrogen-bond donors (Lipinski definition) is 1. The number of rotatable bonds is 6. The molecule has 1 spiro atoms. The minimum Gasteiger partial charge on any atom is -0.343 e. The van der Waals surface area contributed by atoms with E-state index in [1.807, 2.05) is 30.3 Å². The summed E-state index contributed by atoms with van der Waals surface area (Å²) in [5.41, 5.74) is 0.803. The molecule has 0 bridgehead atoms. The SMILES string of the molecule is O=C1NCN(c2ccccc2)C12CCN(CCCC1(c3ccc(F)cc3F)OCCO1)CC2. The molecule has 0 aromatic heterocycles. The van der Waals surface area contributed by atoms with Gasteiger partial charge in [0.25, 0.3) is 0 Å². The van der Waals surface area contributed by atoms with Gasteiger partial charge in [-0.15, -0.1) is 0 Å². The summed E-state index contributed by atoms with van der Waals surface area (Å²) >= 11 is 0. The van der Waals surface area contributed by atoms with Crippen LogP contribution in [0.2, 0.25) is 0 Å². The summed E-state index contributed by atoms with van der Waals surface area (Å²) in [6.07, 6.45) is 2.71. The summed E-state index contributed by atoms with van der Waals surface area (Å²) in [6, 6.07) is 13.6. The fourth-order valence-electron chi connectivity index (χ4n) is 5.40. The molecule has 33 heavy (non-hydrogen) atoms. The number of para-hydroxylation sites is 1. The minimum atomic E-state index is -1.16. The number of likely N-dealkylation sites (tertiary alicyclic amines) is 1. The van der Waals surface area contributed by atoms with Crippen molar-refractivity contribution in [3.63, 3.8) is 0 Å². The predicted octanol–water partition coefficient (Wildman–Crippen LogP) is 3.37. The second-order valence-corrected chi connectivity index (χ2v) is 8.98. The molecule has 6 nitrogen and oxygen atoms in total. The molecule has 3 fully saturated rings. The van der Waals surface area contributed by atoms with E-state index in [1.165, 1.54) is 12.1 Å². The Hall–Kier alpha value is -2.55. The third kappa shape index (κ3) is 4.11. The number of nitrogens with one attached hydrogen (secondary N) is 1. The number of ether oxygens (including phenoxy) is 2. The maximum atomic E-state index is 14.5. The molecular weight excluding hydrogens is 428 g/mol. The number of benzene rings is 2. The zero-order valence-corrected chi connectivity index (χ0v) is 18.6. The summed E-state index contributed by atoms with van der Waals surface area (Å²) < 4.78 is 39.5. The van der Waals surface area contributed by atoms with E-state index in [1.54, 1.807) is 0 Å². The second-order valence-electron chi connectivity index (χ2n) is 8.98. The Labute approximate surface area is 192 Å². The van der Waals surface area contributed by atoms with Crippen LogP contribution in [0.3, 0.4) is 0 Å². The van der Waals surface area contributed by atoms with E-state index in [0.717, 1.165) is 50.7 Å². The number of carbonyl (C=O) groups excluding carboxylic acids is 1. The molecule has 1 amide bonds. The van der Waals surface area contributed by atoms with Gasteiger partial charge >= 0.3 is 0 Å². The average Bonchev–Trinajstić information content (AvgIpc) is 3.42. The zero-order chi connectivity index (χ0) is 22.9. The van der Waals surface area contributed by atoms with Crippen molar-refractivity contribution in [1.82, 2.24) is 10.2 Å². The van der Waals surface area contributed by atoms with Crippen molar-refractivity contribution in [3.8, 4) is 0 Å². The topological polar surface area (TPSA) is 54.0 Å². The van der Waals surface area contributed by atoms with Gasteiger partial charge in [-0.2, -0.15) is 0 Å². The van der Waals surface area contributed by atoms with Crippen molar-refractivity contribution in [2.24, 2.45) is 0 Å². The Morgan fingerprint density at radius 2 is 1.73 bits per heavy atom. The van der Waals surface area contributed by atoms with Crippen LogP contribution >= 0.6 is 0 Å². The summed E-state index contributed by atoms with van der Waals surface area (Å²) in [7, 11) is 0. The van der Waals surface area contributed by atoms with Crippen molar-refractivity contribution in [3.05, 3.63) is 65.7 Å². The van der Waals surface area contributed by atoms with Crippen LogP contribution in [0, 0.1) is 11.6 Å². The first-order valence-electron chi connectivity index (χ1n) is 11.6. The van der Waals surface area contributed by atoms with Crippen LogP contribution in [0.1, 0.15) is 31.2 Å². The molecule has 0 saturated carbocycles. The molecule has 0 atom stereocenters. The van der Waals surface area contributed by atoms with Crippen LogP contribution in [0.5, 0.6) is 0 Å². The van der Waals surface area contributed by atoms with Crippen molar-refractivity contribution in [1.29, 1.82) is 0 Å². The molecule has 5 rings (SSSR count). The minimum absolute atomic E-state index is 0.101. The quantitative estimate of drug-likeness (QED) is 0.721. The van der Waals surface area contributed by atoms with Crippen molar-refractivity contribution < 1.29 is 23.0 Å². The highest BCUT2D eigenvalue weighted by molar-refractivity contribution is 5.93. The second kappa shape index (κ2) is 9.00. The van der Waals surface area contributed by atoms with Gasteiger partial charge in [0.2, 0.25) is 5.91 Å². The van der Waals surface area contributed by atoms with Crippen LogP contribution in [0.15, 0.2) is 48.5 Å². The molecular formula is C25H29F2N3O3. The third-order valence-electron chi connectivity index (χ3n) is 7.16. The molecule has 0 unspecified atom stereocenters. The van der Waals surface area contributed by atoms with Gasteiger partial charge in [0.1, 0.15) is 17.2 Å². The molecule has 0 aliphatic carbocycles. The Morgan fingerprint density at radius 3 is 2.42 bits per heavy atom. The lowest BCUT2D eigenvalue weighted by molar-refractivity contribution is -0.174. The van der Waals surface area contributed by atoms with Gasteiger partial charge in [0, 0.05) is 36.8 Å². The average molecular weight is 458 g/mol. The number of halogens is 2. The predicted molar refractivity (Wildman–Crippen MR) is 120 cm³/mol. The highest BCUT2D eigenvalue weighted by Gasteiger charge is 2.50. The summed E-state index contributed by atoms with van der Waals surface area (Å²) in [5.74, 6) is -2.33. The molecule has 0 radical (unpaired) electrons. The molecule has 2 aromatic rings. The molecule has 8 heteroatoms. The molecule has 3 aliphatic rings. The maximum Gasteiger partial charge on any atom is 0.247 e. The molecule has 176 valence electrons. The summed E-state index contributed by atoms with van der Waals surface area (Å²) in [4.78, 5) is 17.3. The smallest absolute Gasteiger partial charge is 0.247 e. The normalized spacial score (nSPS) is 22.1. The van der Waals surface area contributed by atoms with E-state index in [4.69, 9.17) is 9.47 Å². The van der Waals surface area contributed by atoms with Gasteiger partial charge in [-0.1, -0.05) is 18.2 Å². The number of amides is 1. The zero-order valence-electron chi connectivity index (χ0n) is 18.6. The van der Waals surface area contributed by atoms with Gasteiger partial charge < -0.3 is 24.6 Å². The number of nitrogens with zero attached hydrogens (tertiary/aromatic N) is 2. The van der Waals surface area contributed by atoms with Crippen molar-refractivity contribution in [2.75, 3.05) is 44.4 Å². The van der Waals surface area contributed by atoms with Gasteiger partial charge in [-0.3, -0.25) is 4.79 Å². The number of carbonyl (C=O) groups is 1. The largest absolute Gasteiger partial charge is 0.343 e. The Kier molecular flexibility index (Phi) is 6.07. The summed E-state index contributed by atoms with van der Waals surface area (Å²) in [5, 5.41) is 3.03. The van der Waals surface area contributed by atoms with Crippen molar-refractivity contribution in [2.45, 2.75) is 37.0 Å². The van der Waals surface area contributed by atoms with Gasteiger partial charge in [0.05, 0.1) is 19.9 Å². The van der Waals surface area contributed by atoms with E-state index in [9.17, 15) is 13.6 Å². The first-order chi connectivity index (χ1) is 16.0. The fraction of sp³-hybridized carbons (Fsp3) is 0.480. The molecule has 1 N–H and O–H groups in total. The van der Waals surface area contributed by atoms with E-state index < -0.39 is 23.0 Å². The standard InChI is InChI=1S/C25H29F2N3O3/c26-19-7-8-21(22(27)17-19)25(32-15-16-33-25)9-4-12-29-13-10-24(11-14-29)23(31)28-18-30(24)20-5-2-1-3-6-20/h1-3,5-8,17H,4,9-16,18H2,(H,28,31). The lowest BCUT2D eigenvalue weighted by Gasteiger charge is -2.43. The monoisotopic (exact) mass is 457 g/mol. The first-order valence-corrected chi connectivity index (χ1v) is 11.6. The summed E-state index contributed by atoms with van der Waals surface area (Å²) in [6.45, 7) is 3.69. The number of hydrogen-bond acceptors (Lipinski definition) is 5. The van der Waals surface area contributed by atoms with Crippen molar-refractivity contribution >= 4 is 11.6 Å². The molecule has 3 aliphatic heterocycles. The van der Waals surface area contributed by atoms with E-state index in [0.29, 0.717) is 26.3 Å².